The van der Waals surface area contributed by atoms with E-state index in [0.29, 0.717) is 11.8 Å². The molecule has 0 amide bonds. The number of esters is 1. The highest BCUT2D eigenvalue weighted by Crippen LogP contribution is 2.62. The fourth-order valence-electron chi connectivity index (χ4n) is 7.51. The minimum atomic E-state index is -0.388. The summed E-state index contributed by atoms with van der Waals surface area (Å²) in [6.07, 6.45) is 9.11. The van der Waals surface area contributed by atoms with Crippen LogP contribution in [0.3, 0.4) is 0 Å². The Labute approximate surface area is 211 Å². The summed E-state index contributed by atoms with van der Waals surface area (Å²) in [4.78, 5) is 12.9. The number of quaternary nitrogens is 1. The lowest BCUT2D eigenvalue weighted by molar-refractivity contribution is -0.917. The van der Waals surface area contributed by atoms with Crippen molar-refractivity contribution in [1.82, 2.24) is 0 Å². The largest absolute Gasteiger partial charge is 0.469 e. The SMILES string of the molecule is C=C1CC[C@@H]2[C@@](C)(CCC[C@]2(C)C(=O)OC)[C@H]1CCc1ccoc1C[N+](C)(C)Cc1ccccc1. The number of allylic oxidation sites excluding steroid dienone is 1. The third-order valence-corrected chi connectivity index (χ3v) is 9.24. The van der Waals surface area contributed by atoms with Crippen molar-refractivity contribution in [3.05, 3.63) is 71.7 Å². The van der Waals surface area contributed by atoms with Gasteiger partial charge in [0.1, 0.15) is 13.1 Å². The Hall–Kier alpha value is -2.33. The highest BCUT2D eigenvalue weighted by Gasteiger charge is 2.57. The average Bonchev–Trinajstić information content (AvgIpc) is 3.24. The van der Waals surface area contributed by atoms with Gasteiger partial charge < -0.3 is 13.6 Å². The van der Waals surface area contributed by atoms with Crippen LogP contribution in [0.25, 0.3) is 0 Å². The van der Waals surface area contributed by atoms with Crippen molar-refractivity contribution in [3.8, 4) is 0 Å². The third-order valence-electron chi connectivity index (χ3n) is 9.24. The first-order valence-electron chi connectivity index (χ1n) is 13.3. The number of hydrogen-bond acceptors (Lipinski definition) is 3. The average molecular weight is 479 g/mol. The summed E-state index contributed by atoms with van der Waals surface area (Å²) in [6.45, 7) is 10.9. The maximum absolute atomic E-state index is 12.9. The zero-order chi connectivity index (χ0) is 25.3. The van der Waals surface area contributed by atoms with Crippen molar-refractivity contribution < 1.29 is 18.4 Å². The molecule has 4 heteroatoms. The van der Waals surface area contributed by atoms with Crippen molar-refractivity contribution in [1.29, 1.82) is 0 Å². The second-order valence-corrected chi connectivity index (χ2v) is 12.2. The summed E-state index contributed by atoms with van der Waals surface area (Å²) >= 11 is 0. The predicted molar refractivity (Wildman–Crippen MR) is 140 cm³/mol. The van der Waals surface area contributed by atoms with Crippen molar-refractivity contribution in [2.24, 2.45) is 22.7 Å². The molecule has 0 unspecified atom stereocenters. The van der Waals surface area contributed by atoms with E-state index in [4.69, 9.17) is 9.15 Å². The molecule has 4 atom stereocenters. The number of fused-ring (bicyclic) bond motifs is 1. The number of benzene rings is 1. The fraction of sp³-hybridized carbons (Fsp3) is 0.581. The minimum Gasteiger partial charge on any atom is -0.469 e. The van der Waals surface area contributed by atoms with Crippen molar-refractivity contribution >= 4 is 5.97 Å². The quantitative estimate of drug-likeness (QED) is 0.234. The second kappa shape index (κ2) is 9.97. The lowest BCUT2D eigenvalue weighted by Gasteiger charge is -2.57. The molecule has 4 nitrogen and oxygen atoms in total. The summed E-state index contributed by atoms with van der Waals surface area (Å²) in [6, 6.07) is 12.8. The number of ether oxygens (including phenoxy) is 1. The molecule has 190 valence electrons. The molecule has 2 aliphatic rings. The Kier molecular flexibility index (Phi) is 7.33. The number of rotatable bonds is 8. The Morgan fingerprint density at radius 2 is 1.89 bits per heavy atom. The second-order valence-electron chi connectivity index (χ2n) is 12.2. The van der Waals surface area contributed by atoms with E-state index in [1.807, 2.05) is 6.26 Å². The molecule has 2 saturated carbocycles. The Morgan fingerprint density at radius 3 is 2.60 bits per heavy atom. The van der Waals surface area contributed by atoms with Crippen LogP contribution in [-0.2, 0) is 29.0 Å². The van der Waals surface area contributed by atoms with Gasteiger partial charge in [-0.3, -0.25) is 4.79 Å². The highest BCUT2D eigenvalue weighted by molar-refractivity contribution is 5.77. The summed E-state index contributed by atoms with van der Waals surface area (Å²) in [5, 5.41) is 0. The Bertz CT molecular complexity index is 1040. The van der Waals surface area contributed by atoms with Crippen LogP contribution >= 0.6 is 0 Å². The van der Waals surface area contributed by atoms with Gasteiger partial charge >= 0.3 is 5.97 Å². The van der Waals surface area contributed by atoms with Crippen LogP contribution in [0.15, 0.2) is 59.2 Å². The van der Waals surface area contributed by atoms with E-state index < -0.39 is 0 Å². The van der Waals surface area contributed by atoms with E-state index in [1.54, 1.807) is 0 Å². The first-order valence-corrected chi connectivity index (χ1v) is 13.3. The van der Waals surface area contributed by atoms with Crippen LogP contribution in [0, 0.1) is 22.7 Å². The van der Waals surface area contributed by atoms with Gasteiger partial charge in [-0.2, -0.15) is 0 Å². The smallest absolute Gasteiger partial charge is 0.311 e. The zero-order valence-corrected chi connectivity index (χ0v) is 22.4. The topological polar surface area (TPSA) is 39.4 Å². The molecule has 0 N–H and O–H groups in total. The van der Waals surface area contributed by atoms with Crippen molar-refractivity contribution in [2.75, 3.05) is 21.2 Å². The van der Waals surface area contributed by atoms with Crippen LogP contribution in [-0.4, -0.2) is 31.7 Å². The van der Waals surface area contributed by atoms with Gasteiger partial charge in [0.2, 0.25) is 0 Å². The highest BCUT2D eigenvalue weighted by atomic mass is 16.5. The van der Waals surface area contributed by atoms with Gasteiger partial charge in [0.15, 0.2) is 5.76 Å². The number of aryl methyl sites for hydroxylation is 1. The van der Waals surface area contributed by atoms with Crippen LogP contribution in [0.2, 0.25) is 0 Å². The molecule has 0 radical (unpaired) electrons. The van der Waals surface area contributed by atoms with Gasteiger partial charge in [-0.1, -0.05) is 55.8 Å². The maximum atomic E-state index is 12.9. The van der Waals surface area contributed by atoms with E-state index in [0.717, 1.165) is 68.3 Å². The molecule has 1 aromatic carbocycles. The molecule has 35 heavy (non-hydrogen) atoms. The van der Waals surface area contributed by atoms with Gasteiger partial charge in [0.25, 0.3) is 0 Å². The summed E-state index contributed by atoms with van der Waals surface area (Å²) in [7, 11) is 6.07. The normalized spacial score (nSPS) is 29.0. The van der Waals surface area contributed by atoms with Gasteiger partial charge in [-0.15, -0.1) is 0 Å². The number of furan rings is 1. The summed E-state index contributed by atoms with van der Waals surface area (Å²) in [5.41, 5.74) is 3.72. The van der Waals surface area contributed by atoms with Gasteiger partial charge in [0, 0.05) is 5.56 Å². The monoisotopic (exact) mass is 478 g/mol. The van der Waals surface area contributed by atoms with E-state index >= 15 is 0 Å². The number of nitrogens with zero attached hydrogens (tertiary/aromatic N) is 1. The number of carbonyl (C=O) groups excluding carboxylic acids is 1. The maximum Gasteiger partial charge on any atom is 0.311 e. The molecule has 2 aromatic rings. The van der Waals surface area contributed by atoms with Gasteiger partial charge in [0.05, 0.1) is 32.9 Å². The molecule has 0 aliphatic heterocycles. The van der Waals surface area contributed by atoms with Gasteiger partial charge in [-0.05, 0) is 74.3 Å². The lowest BCUT2D eigenvalue weighted by atomic mass is 9.46. The van der Waals surface area contributed by atoms with E-state index in [1.165, 1.54) is 23.8 Å². The van der Waals surface area contributed by atoms with Crippen LogP contribution in [0.5, 0.6) is 0 Å². The molecule has 1 heterocycles. The summed E-state index contributed by atoms with van der Waals surface area (Å²) in [5.74, 6) is 1.82. The van der Waals surface area contributed by atoms with Gasteiger partial charge in [-0.25, -0.2) is 0 Å². The Morgan fingerprint density at radius 1 is 1.14 bits per heavy atom. The zero-order valence-electron chi connectivity index (χ0n) is 22.4. The third kappa shape index (κ3) is 5.14. The molecular weight excluding hydrogens is 434 g/mol. The molecule has 1 aromatic heterocycles. The van der Waals surface area contributed by atoms with Crippen molar-refractivity contribution in [2.45, 2.75) is 71.9 Å². The van der Waals surface area contributed by atoms with Crippen molar-refractivity contribution in [3.63, 3.8) is 0 Å². The lowest BCUT2D eigenvalue weighted by Crippen LogP contribution is -2.53. The molecule has 0 spiro atoms. The van der Waals surface area contributed by atoms with E-state index in [9.17, 15) is 4.79 Å². The van der Waals surface area contributed by atoms with E-state index in [-0.39, 0.29) is 16.8 Å². The first kappa shape index (κ1) is 25.8. The molecule has 2 aliphatic carbocycles. The minimum absolute atomic E-state index is 0.0322. The van der Waals surface area contributed by atoms with Crippen LogP contribution in [0.4, 0.5) is 0 Å². The van der Waals surface area contributed by atoms with E-state index in [2.05, 4.69) is 70.9 Å². The standard InChI is InChI=1S/C31H44NO3/c1-23-13-16-28-30(2,18-10-19-31(28,3)29(33)34-6)26(23)15-14-25-17-20-35-27(25)22-32(4,5)21-24-11-8-7-9-12-24/h7-9,11-12,17,20,26,28H,1,10,13-16,18-19,21-22H2,2-6H3/q+1/t26-,28+,30-,31-/m0/s1. The summed E-state index contributed by atoms with van der Waals surface area (Å²) < 4.78 is 12.2. The molecule has 4 rings (SSSR count). The number of hydrogen-bond donors (Lipinski definition) is 0. The first-order chi connectivity index (χ1) is 16.6. The Balaban J connectivity index is 1.48. The molecular formula is C31H44NO3+. The number of carbonyl (C=O) groups is 1. The van der Waals surface area contributed by atoms with Crippen LogP contribution in [0.1, 0.15) is 69.3 Å². The molecule has 0 bridgehead atoms. The molecule has 0 saturated heterocycles. The predicted octanol–water partition coefficient (Wildman–Crippen LogP) is 6.94. The molecule has 2 fully saturated rings. The fourth-order valence-corrected chi connectivity index (χ4v) is 7.51. The van der Waals surface area contributed by atoms with Crippen LogP contribution < -0.4 is 0 Å². The number of methoxy groups -OCH3 is 1.